The topological polar surface area (TPSA) is 91.1 Å². The van der Waals surface area contributed by atoms with E-state index in [2.05, 4.69) is 31.6 Å². The van der Waals surface area contributed by atoms with E-state index >= 15 is 0 Å². The minimum Gasteiger partial charge on any atom is -0.391 e. The highest BCUT2D eigenvalue weighted by molar-refractivity contribution is 7.99. The van der Waals surface area contributed by atoms with Gasteiger partial charge in [-0.1, -0.05) is 12.8 Å². The van der Waals surface area contributed by atoms with E-state index in [1.807, 2.05) is 6.20 Å². The number of β-amino-alcohol motifs (C(OH)–C–C–N with tert-alkyl or cyclic N) is 1. The normalized spacial score (nSPS) is 25.9. The van der Waals surface area contributed by atoms with Crippen molar-refractivity contribution < 1.29 is 5.11 Å². The van der Waals surface area contributed by atoms with Crippen molar-refractivity contribution in [2.45, 2.75) is 43.6 Å². The molecule has 7 heteroatoms. The van der Waals surface area contributed by atoms with Gasteiger partial charge in [0, 0.05) is 48.3 Å². The maximum Gasteiger partial charge on any atom is 0.151 e. The Hall–Kier alpha value is -1.31. The van der Waals surface area contributed by atoms with Gasteiger partial charge in [0.2, 0.25) is 0 Å². The number of nitrogen functional groups attached to an aromatic ring is 1. The van der Waals surface area contributed by atoms with Crippen LogP contribution in [0.2, 0.25) is 0 Å². The summed E-state index contributed by atoms with van der Waals surface area (Å²) in [5.74, 6) is 1.93. The highest BCUT2D eigenvalue weighted by Gasteiger charge is 2.32. The number of aromatic nitrogens is 3. The van der Waals surface area contributed by atoms with Crippen LogP contribution in [0.4, 0.5) is 5.82 Å². The van der Waals surface area contributed by atoms with E-state index in [-0.39, 0.29) is 6.10 Å². The molecule has 0 bridgehead atoms. The molecule has 2 aromatic rings. The first kappa shape index (κ1) is 16.2. The number of nitrogens with one attached hydrogen (secondary N) is 1. The molecule has 1 aliphatic carbocycles. The van der Waals surface area contributed by atoms with Crippen molar-refractivity contribution in [1.82, 2.24) is 19.9 Å². The van der Waals surface area contributed by atoms with Gasteiger partial charge in [-0.25, -0.2) is 9.97 Å². The molecule has 4 N–H and O–H groups in total. The van der Waals surface area contributed by atoms with E-state index in [0.717, 1.165) is 47.2 Å². The van der Waals surface area contributed by atoms with Gasteiger partial charge in [-0.3, -0.25) is 4.90 Å². The third kappa shape index (κ3) is 3.25. The fraction of sp³-hybridized carbons (Fsp3) is 0.647. The number of anilines is 1. The third-order valence-corrected chi connectivity index (χ3v) is 6.86. The summed E-state index contributed by atoms with van der Waals surface area (Å²) in [6.07, 6.45) is 8.72. The Bertz CT molecular complexity index is 699. The second-order valence-corrected chi connectivity index (χ2v) is 8.39. The molecule has 1 aliphatic heterocycles. The molecule has 0 amide bonds. The number of nitrogens with zero attached hydrogens (tertiary/aromatic N) is 3. The first-order valence-electron chi connectivity index (χ1n) is 8.79. The molecule has 130 valence electrons. The van der Waals surface area contributed by atoms with E-state index in [9.17, 15) is 5.11 Å². The fourth-order valence-corrected chi connectivity index (χ4v) is 5.44. The van der Waals surface area contributed by atoms with Crippen LogP contribution >= 0.6 is 11.8 Å². The maximum atomic E-state index is 10.4. The molecule has 6 nitrogen and oxygen atoms in total. The molecule has 2 atom stereocenters. The molecule has 0 unspecified atom stereocenters. The predicted octanol–water partition coefficient (Wildman–Crippen LogP) is 2.01. The van der Waals surface area contributed by atoms with Gasteiger partial charge in [-0.15, -0.1) is 0 Å². The van der Waals surface area contributed by atoms with E-state index in [0.29, 0.717) is 11.7 Å². The summed E-state index contributed by atoms with van der Waals surface area (Å²) in [5, 5.41) is 11.2. The summed E-state index contributed by atoms with van der Waals surface area (Å²) in [6.45, 7) is 2.48. The van der Waals surface area contributed by atoms with Gasteiger partial charge >= 0.3 is 0 Å². The molecule has 2 fully saturated rings. The standard InChI is InChI=1S/C17H25N5OS/c18-17-16-15(20-10-21-17)11(5-19-16)6-22-7-12(14(23)8-22)9-24-13-3-1-2-4-13/h5,10,12-14,19,23H,1-4,6-9H2,(H2,18,20,21)/t12-,14+/m0/s1. The fourth-order valence-electron chi connectivity index (χ4n) is 3.92. The van der Waals surface area contributed by atoms with Crippen molar-refractivity contribution in [3.63, 3.8) is 0 Å². The van der Waals surface area contributed by atoms with Crippen LogP contribution in [0.25, 0.3) is 11.0 Å². The van der Waals surface area contributed by atoms with Crippen LogP contribution in [0.3, 0.4) is 0 Å². The molecule has 0 spiro atoms. The van der Waals surface area contributed by atoms with Crippen LogP contribution < -0.4 is 5.73 Å². The lowest BCUT2D eigenvalue weighted by Gasteiger charge is -2.16. The molecule has 2 aromatic heterocycles. The van der Waals surface area contributed by atoms with Crippen molar-refractivity contribution in [1.29, 1.82) is 0 Å². The zero-order valence-electron chi connectivity index (χ0n) is 13.8. The Morgan fingerprint density at radius 1 is 1.29 bits per heavy atom. The molecule has 1 saturated heterocycles. The lowest BCUT2D eigenvalue weighted by Crippen LogP contribution is -2.21. The van der Waals surface area contributed by atoms with Crippen LogP contribution in [0, 0.1) is 5.92 Å². The van der Waals surface area contributed by atoms with Gasteiger partial charge in [0.05, 0.1) is 11.6 Å². The Morgan fingerprint density at radius 3 is 2.96 bits per heavy atom. The monoisotopic (exact) mass is 347 g/mol. The first-order chi connectivity index (χ1) is 11.7. The molecule has 2 aliphatic rings. The van der Waals surface area contributed by atoms with E-state index in [4.69, 9.17) is 5.73 Å². The predicted molar refractivity (Wildman–Crippen MR) is 97.8 cm³/mol. The SMILES string of the molecule is Nc1ncnc2c(CN3C[C@@H](CSC4CCCC4)[C@H](O)C3)c[nH]c12. The molecule has 4 rings (SSSR count). The summed E-state index contributed by atoms with van der Waals surface area (Å²) in [7, 11) is 0. The Kier molecular flexibility index (Phi) is 4.65. The van der Waals surface area contributed by atoms with Crippen LogP contribution in [0.1, 0.15) is 31.2 Å². The van der Waals surface area contributed by atoms with E-state index in [1.165, 1.54) is 32.0 Å². The number of H-pyrrole nitrogens is 1. The second kappa shape index (κ2) is 6.90. The average Bonchev–Trinajstić information content (AvgIpc) is 3.28. The van der Waals surface area contributed by atoms with Gasteiger partial charge in [-0.05, 0) is 12.8 Å². The summed E-state index contributed by atoms with van der Waals surface area (Å²) in [5.41, 5.74) is 8.70. The number of aromatic amines is 1. The number of nitrogens with two attached hydrogens (primary N) is 1. The number of aliphatic hydroxyl groups excluding tert-OH is 1. The zero-order chi connectivity index (χ0) is 16.5. The van der Waals surface area contributed by atoms with Gasteiger partial charge in [0.25, 0.3) is 0 Å². The number of likely N-dealkylation sites (tertiary alicyclic amines) is 1. The molecule has 0 aromatic carbocycles. The summed E-state index contributed by atoms with van der Waals surface area (Å²) < 4.78 is 0. The smallest absolute Gasteiger partial charge is 0.151 e. The lowest BCUT2D eigenvalue weighted by molar-refractivity contribution is 0.149. The van der Waals surface area contributed by atoms with Gasteiger partial charge in [-0.2, -0.15) is 11.8 Å². The quantitative estimate of drug-likeness (QED) is 0.766. The number of fused-ring (bicyclic) bond motifs is 1. The van der Waals surface area contributed by atoms with Crippen LogP contribution in [-0.2, 0) is 6.54 Å². The molecular weight excluding hydrogens is 322 g/mol. The number of aliphatic hydroxyl groups is 1. The van der Waals surface area contributed by atoms with Gasteiger partial charge in [0.15, 0.2) is 5.82 Å². The van der Waals surface area contributed by atoms with Gasteiger partial charge < -0.3 is 15.8 Å². The first-order valence-corrected chi connectivity index (χ1v) is 9.84. The largest absolute Gasteiger partial charge is 0.391 e. The summed E-state index contributed by atoms with van der Waals surface area (Å²) in [4.78, 5) is 13.9. The van der Waals surface area contributed by atoms with Crippen molar-refractivity contribution in [2.75, 3.05) is 24.6 Å². The highest BCUT2D eigenvalue weighted by Crippen LogP contribution is 2.33. The molecule has 3 heterocycles. The summed E-state index contributed by atoms with van der Waals surface area (Å²) >= 11 is 2.07. The minimum absolute atomic E-state index is 0.219. The van der Waals surface area contributed by atoms with Crippen LogP contribution in [-0.4, -0.2) is 55.2 Å². The molecule has 0 radical (unpaired) electrons. The van der Waals surface area contributed by atoms with Crippen molar-refractivity contribution >= 4 is 28.6 Å². The Balaban J connectivity index is 1.37. The van der Waals surface area contributed by atoms with Crippen LogP contribution in [0.15, 0.2) is 12.5 Å². The van der Waals surface area contributed by atoms with Crippen molar-refractivity contribution in [3.8, 4) is 0 Å². The zero-order valence-corrected chi connectivity index (χ0v) is 14.6. The Morgan fingerprint density at radius 2 is 2.12 bits per heavy atom. The summed E-state index contributed by atoms with van der Waals surface area (Å²) in [6, 6.07) is 0. The van der Waals surface area contributed by atoms with Crippen molar-refractivity contribution in [2.24, 2.45) is 5.92 Å². The third-order valence-electron chi connectivity index (χ3n) is 5.30. The van der Waals surface area contributed by atoms with E-state index < -0.39 is 0 Å². The maximum absolute atomic E-state index is 10.4. The number of thioether (sulfide) groups is 1. The van der Waals surface area contributed by atoms with Gasteiger partial charge in [0.1, 0.15) is 11.8 Å². The number of rotatable bonds is 5. The molecule has 1 saturated carbocycles. The average molecular weight is 347 g/mol. The second-order valence-electron chi connectivity index (χ2n) is 7.06. The van der Waals surface area contributed by atoms with Crippen molar-refractivity contribution in [3.05, 3.63) is 18.1 Å². The highest BCUT2D eigenvalue weighted by atomic mass is 32.2. The molecular formula is C17H25N5OS. The van der Waals surface area contributed by atoms with E-state index in [1.54, 1.807) is 0 Å². The number of hydrogen-bond acceptors (Lipinski definition) is 6. The number of hydrogen-bond donors (Lipinski definition) is 3. The Labute approximate surface area is 146 Å². The molecule has 24 heavy (non-hydrogen) atoms. The minimum atomic E-state index is -0.219. The van der Waals surface area contributed by atoms with Crippen LogP contribution in [0.5, 0.6) is 0 Å². The lowest BCUT2D eigenvalue weighted by atomic mass is 10.1.